The first-order chi connectivity index (χ1) is 14.8. The summed E-state index contributed by atoms with van der Waals surface area (Å²) in [5, 5.41) is 8.09. The molecule has 0 bridgehead atoms. The van der Waals surface area contributed by atoms with Crippen LogP contribution in [0.3, 0.4) is 0 Å². The van der Waals surface area contributed by atoms with Crippen molar-refractivity contribution < 1.29 is 12.8 Å². The standard InChI is InChI=1S/C23H31N3O3SSi/c1-5-31(6-2,7-3)29-23(20-11-9-8-10-12-20)17-21-18-26(25-24-21)30(27,28)22-15-13-19(4)14-16-22/h8-16,18,23H,5-7,17H2,1-4H3. The molecule has 31 heavy (non-hydrogen) atoms. The third-order valence-corrected chi connectivity index (χ3v) is 12.2. The fourth-order valence-corrected chi connectivity index (χ4v) is 7.61. The molecule has 0 aliphatic carbocycles. The van der Waals surface area contributed by atoms with Crippen LogP contribution in [0.2, 0.25) is 18.1 Å². The van der Waals surface area contributed by atoms with Crippen LogP contribution < -0.4 is 0 Å². The summed E-state index contributed by atoms with van der Waals surface area (Å²) in [6.45, 7) is 8.52. The summed E-state index contributed by atoms with van der Waals surface area (Å²) in [6.07, 6.45) is 1.80. The maximum absolute atomic E-state index is 12.9. The molecule has 3 rings (SSSR count). The van der Waals surface area contributed by atoms with Gasteiger partial charge in [0.05, 0.1) is 22.9 Å². The van der Waals surface area contributed by atoms with E-state index in [1.54, 1.807) is 24.3 Å². The van der Waals surface area contributed by atoms with Gasteiger partial charge in [-0.15, -0.1) is 9.19 Å². The van der Waals surface area contributed by atoms with E-state index in [4.69, 9.17) is 4.43 Å². The molecule has 0 radical (unpaired) electrons. The van der Waals surface area contributed by atoms with E-state index in [9.17, 15) is 8.42 Å². The average molecular weight is 458 g/mol. The first-order valence-corrected chi connectivity index (χ1v) is 14.8. The number of nitrogens with zero attached hydrogens (tertiary/aromatic N) is 3. The molecule has 1 unspecified atom stereocenters. The lowest BCUT2D eigenvalue weighted by Gasteiger charge is -2.33. The van der Waals surface area contributed by atoms with Crippen LogP contribution in [-0.2, 0) is 20.9 Å². The Hall–Kier alpha value is -2.29. The molecule has 3 aromatic rings. The van der Waals surface area contributed by atoms with Gasteiger partial charge in [0.25, 0.3) is 10.0 Å². The lowest BCUT2D eigenvalue weighted by Crippen LogP contribution is -2.37. The molecule has 0 aliphatic rings. The van der Waals surface area contributed by atoms with Gasteiger partial charge in [-0.25, -0.2) is 0 Å². The van der Waals surface area contributed by atoms with Crippen LogP contribution in [0.5, 0.6) is 0 Å². The second-order valence-electron chi connectivity index (χ2n) is 7.87. The highest BCUT2D eigenvalue weighted by Gasteiger charge is 2.33. The molecule has 0 saturated heterocycles. The van der Waals surface area contributed by atoms with Crippen molar-refractivity contribution in [3.05, 3.63) is 77.6 Å². The van der Waals surface area contributed by atoms with Crippen molar-refractivity contribution in [2.24, 2.45) is 0 Å². The van der Waals surface area contributed by atoms with E-state index in [0.29, 0.717) is 12.1 Å². The van der Waals surface area contributed by atoms with Crippen molar-refractivity contribution >= 4 is 18.3 Å². The maximum Gasteiger partial charge on any atom is 0.284 e. The summed E-state index contributed by atoms with van der Waals surface area (Å²) in [5.41, 5.74) is 2.66. The van der Waals surface area contributed by atoms with E-state index in [0.717, 1.165) is 33.3 Å². The number of aryl methyl sites for hydroxylation is 1. The van der Waals surface area contributed by atoms with Crippen LogP contribution in [0.15, 0.2) is 65.7 Å². The minimum atomic E-state index is -3.77. The summed E-state index contributed by atoms with van der Waals surface area (Å²) in [5.74, 6) is 0. The Bertz CT molecular complexity index is 1070. The zero-order valence-corrected chi connectivity index (χ0v) is 20.5. The minimum Gasteiger partial charge on any atom is -0.410 e. The number of hydrogen-bond donors (Lipinski definition) is 0. The molecular formula is C23H31N3O3SSi. The van der Waals surface area contributed by atoms with Gasteiger partial charge in [-0.3, -0.25) is 0 Å². The van der Waals surface area contributed by atoms with Gasteiger partial charge < -0.3 is 4.43 Å². The highest BCUT2D eigenvalue weighted by Crippen LogP contribution is 2.31. The van der Waals surface area contributed by atoms with E-state index in [-0.39, 0.29) is 11.0 Å². The molecule has 2 aromatic carbocycles. The Morgan fingerprint density at radius 2 is 1.58 bits per heavy atom. The molecular weight excluding hydrogens is 426 g/mol. The molecule has 6 nitrogen and oxygen atoms in total. The Labute approximate surface area is 186 Å². The zero-order chi connectivity index (χ0) is 22.5. The van der Waals surface area contributed by atoms with Gasteiger partial charge in [0.2, 0.25) is 0 Å². The monoisotopic (exact) mass is 457 g/mol. The third-order valence-electron chi connectivity index (χ3n) is 5.98. The van der Waals surface area contributed by atoms with Gasteiger partial charge >= 0.3 is 0 Å². The second kappa shape index (κ2) is 9.89. The van der Waals surface area contributed by atoms with Crippen LogP contribution in [0.4, 0.5) is 0 Å². The first kappa shape index (κ1) is 23.4. The summed E-state index contributed by atoms with van der Waals surface area (Å²) in [4.78, 5) is 0.194. The fourth-order valence-electron chi connectivity index (χ4n) is 3.70. The number of hydrogen-bond acceptors (Lipinski definition) is 5. The van der Waals surface area contributed by atoms with E-state index in [1.807, 2.05) is 25.1 Å². The largest absolute Gasteiger partial charge is 0.410 e. The molecule has 166 valence electrons. The summed E-state index contributed by atoms with van der Waals surface area (Å²) < 4.78 is 33.6. The van der Waals surface area contributed by atoms with Gasteiger partial charge in [0, 0.05) is 6.42 Å². The zero-order valence-electron chi connectivity index (χ0n) is 18.7. The van der Waals surface area contributed by atoms with E-state index >= 15 is 0 Å². The van der Waals surface area contributed by atoms with Crippen molar-refractivity contribution in [3.8, 4) is 0 Å². The minimum absolute atomic E-state index is 0.181. The van der Waals surface area contributed by atoms with Crippen LogP contribution in [-0.4, -0.2) is 31.1 Å². The Kier molecular flexibility index (Phi) is 7.45. The third kappa shape index (κ3) is 5.31. The van der Waals surface area contributed by atoms with Gasteiger partial charge in [0.1, 0.15) is 0 Å². The van der Waals surface area contributed by atoms with Crippen molar-refractivity contribution in [3.63, 3.8) is 0 Å². The average Bonchev–Trinajstić information content (AvgIpc) is 3.27. The maximum atomic E-state index is 12.9. The summed E-state index contributed by atoms with van der Waals surface area (Å²) in [7, 11) is -5.65. The van der Waals surface area contributed by atoms with E-state index < -0.39 is 18.3 Å². The molecule has 1 atom stereocenters. The number of rotatable bonds is 10. The Morgan fingerprint density at radius 1 is 0.968 bits per heavy atom. The second-order valence-corrected chi connectivity index (χ2v) is 14.4. The van der Waals surface area contributed by atoms with Crippen LogP contribution in [0.1, 0.15) is 43.7 Å². The van der Waals surface area contributed by atoms with Crippen molar-refractivity contribution in [2.45, 2.75) is 63.2 Å². The van der Waals surface area contributed by atoms with Gasteiger partial charge in [-0.05, 0) is 42.8 Å². The summed E-state index contributed by atoms with van der Waals surface area (Å²) in [6, 6.07) is 19.9. The van der Waals surface area contributed by atoms with Crippen LogP contribution in [0.25, 0.3) is 0 Å². The molecule has 1 heterocycles. The fraction of sp³-hybridized carbons (Fsp3) is 0.391. The Morgan fingerprint density at radius 3 is 2.16 bits per heavy atom. The topological polar surface area (TPSA) is 74.1 Å². The summed E-state index contributed by atoms with van der Waals surface area (Å²) >= 11 is 0. The lowest BCUT2D eigenvalue weighted by molar-refractivity contribution is 0.189. The van der Waals surface area contributed by atoms with Gasteiger partial charge in [0.15, 0.2) is 8.32 Å². The first-order valence-electron chi connectivity index (χ1n) is 10.8. The molecule has 0 aliphatic heterocycles. The van der Waals surface area contributed by atoms with Crippen LogP contribution in [0, 0.1) is 6.92 Å². The quantitative estimate of drug-likeness (QED) is 0.395. The van der Waals surface area contributed by atoms with Crippen molar-refractivity contribution in [1.29, 1.82) is 0 Å². The predicted molar refractivity (Wildman–Crippen MR) is 125 cm³/mol. The highest BCUT2D eigenvalue weighted by molar-refractivity contribution is 7.89. The molecule has 0 N–H and O–H groups in total. The highest BCUT2D eigenvalue weighted by atomic mass is 32.2. The van der Waals surface area contributed by atoms with E-state index in [1.165, 1.54) is 6.20 Å². The number of aromatic nitrogens is 3. The van der Waals surface area contributed by atoms with Crippen molar-refractivity contribution in [1.82, 2.24) is 14.4 Å². The smallest absolute Gasteiger partial charge is 0.284 e. The SMILES string of the molecule is CC[Si](CC)(CC)OC(Cc1cn(S(=O)(=O)c2ccc(C)cc2)nn1)c1ccccc1. The molecule has 1 aromatic heterocycles. The van der Waals surface area contributed by atoms with E-state index in [2.05, 4.69) is 43.2 Å². The molecule has 0 spiro atoms. The van der Waals surface area contributed by atoms with Crippen molar-refractivity contribution in [2.75, 3.05) is 0 Å². The molecule has 0 amide bonds. The lowest BCUT2D eigenvalue weighted by atomic mass is 10.1. The van der Waals surface area contributed by atoms with Crippen LogP contribution >= 0.6 is 0 Å². The normalized spacial score (nSPS) is 13.3. The molecule has 8 heteroatoms. The number of benzene rings is 2. The van der Waals surface area contributed by atoms with Gasteiger partial charge in [-0.2, -0.15) is 8.42 Å². The molecule has 0 fully saturated rings. The van der Waals surface area contributed by atoms with Gasteiger partial charge in [-0.1, -0.05) is 74.0 Å². The Balaban J connectivity index is 1.89. The predicted octanol–water partition coefficient (Wildman–Crippen LogP) is 5.13. The molecule has 0 saturated carbocycles.